The van der Waals surface area contributed by atoms with Gasteiger partial charge in [0.1, 0.15) is 47.6 Å². The monoisotopic (exact) mass is 1080 g/mol. The molecule has 3 aromatic carbocycles. The number of ether oxygens (including phenoxy) is 6. The van der Waals surface area contributed by atoms with E-state index in [0.717, 1.165) is 11.1 Å². The number of aromatic nitrogens is 2. The van der Waals surface area contributed by atoms with E-state index in [1.165, 1.54) is 46.4 Å². The smallest absolute Gasteiger partial charge is 0.414 e. The third-order valence-electron chi connectivity index (χ3n) is 15.9. The van der Waals surface area contributed by atoms with Gasteiger partial charge in [-0.1, -0.05) is 70.2 Å². The number of phenols is 2. The van der Waals surface area contributed by atoms with Crippen molar-refractivity contribution in [2.24, 2.45) is 33.7 Å². The summed E-state index contributed by atoms with van der Waals surface area (Å²) >= 11 is 0. The number of imidazole rings is 1. The van der Waals surface area contributed by atoms with E-state index in [0.29, 0.717) is 45.6 Å². The van der Waals surface area contributed by atoms with Crippen molar-refractivity contribution in [3.8, 4) is 23.3 Å². The molecule has 5 aliphatic rings. The molecule has 0 saturated carbocycles. The van der Waals surface area contributed by atoms with Crippen LogP contribution in [-0.2, 0) is 48.2 Å². The van der Waals surface area contributed by atoms with E-state index in [-0.39, 0.29) is 74.2 Å². The number of nitrogens with zero attached hydrogens (tertiary/aromatic N) is 6. The lowest BCUT2D eigenvalue weighted by Crippen LogP contribution is -2.46. The summed E-state index contributed by atoms with van der Waals surface area (Å²) in [6.45, 7) is 15.4. The Hall–Kier alpha value is -7.24. The largest absolute Gasteiger partial charge is 0.507 e. The van der Waals surface area contributed by atoms with Gasteiger partial charge in [0.25, 0.3) is 11.7 Å². The minimum atomic E-state index is -2.02. The van der Waals surface area contributed by atoms with Crippen molar-refractivity contribution in [2.45, 2.75) is 130 Å². The van der Waals surface area contributed by atoms with Gasteiger partial charge >= 0.3 is 23.6 Å². The number of fused-ring (bicyclic) bond motifs is 2. The van der Waals surface area contributed by atoms with Crippen LogP contribution in [0.4, 0.5) is 11.5 Å². The summed E-state index contributed by atoms with van der Waals surface area (Å²) in [5.41, 5.74) is 1.12. The fourth-order valence-corrected chi connectivity index (χ4v) is 11.1. The second-order valence-electron chi connectivity index (χ2n) is 21.4. The van der Waals surface area contributed by atoms with Gasteiger partial charge in [-0.05, 0) is 36.0 Å². The van der Waals surface area contributed by atoms with Crippen molar-refractivity contribution < 1.29 is 68.2 Å². The number of carbonyl (C=O) groups excluding carboxylic acids is 3. The normalized spacial score (nSPS) is 29.7. The highest BCUT2D eigenvalue weighted by Gasteiger charge is 2.50. The van der Waals surface area contributed by atoms with E-state index >= 15 is 0 Å². The third-order valence-corrected chi connectivity index (χ3v) is 15.9. The number of esters is 1. The van der Waals surface area contributed by atoms with E-state index in [4.69, 9.17) is 38.4 Å². The lowest BCUT2D eigenvalue weighted by Gasteiger charge is -2.38. The summed E-state index contributed by atoms with van der Waals surface area (Å²) < 4.78 is 37.4. The number of likely N-dealkylation sites (tertiary alicyclic amines) is 1. The SMILES string of the molecule is CO[C@H]1/C=C/O[C@@]2(C)Oc3c(C)c(O)c4c(O)c(c5c(c4c3C2=O)=NC2(CCN(Cc3ccc(CO[C@@H]4COc6nc([N+](=O)[O-])cn6C4)cc3)CC2)N=5)NC(=O)/C(C)=C\C=C\[C@H](C)[C@H](O)[C@@H](C)[C@@H](O)[C@@H](C)[C@H](OC(C)=O)[C@@H]1C. The summed E-state index contributed by atoms with van der Waals surface area (Å²) in [6.07, 6.45) is 5.59. The van der Waals surface area contributed by atoms with Crippen LogP contribution in [0, 0.1) is 40.7 Å². The molecule has 1 fully saturated rings. The Morgan fingerprint density at radius 2 is 1.64 bits per heavy atom. The molecule has 22 heteroatoms. The average Bonchev–Trinajstić information content (AvgIpc) is 4.30. The number of amides is 1. The fourth-order valence-electron chi connectivity index (χ4n) is 11.1. The van der Waals surface area contributed by atoms with Crippen molar-refractivity contribution in [3.63, 3.8) is 0 Å². The minimum absolute atomic E-state index is 0.00298. The molecule has 4 aromatic rings. The van der Waals surface area contributed by atoms with E-state index in [1.807, 2.05) is 24.3 Å². The van der Waals surface area contributed by atoms with Crippen LogP contribution in [0.1, 0.15) is 88.4 Å². The van der Waals surface area contributed by atoms with Crippen LogP contribution in [0.25, 0.3) is 10.8 Å². The predicted octanol–water partition coefficient (Wildman–Crippen LogP) is 5.38. The molecule has 9 rings (SSSR count). The number of aliphatic hydroxyl groups excluding tert-OH is 2. The highest BCUT2D eigenvalue weighted by Crippen LogP contribution is 2.50. The number of piperidine rings is 1. The Bertz CT molecular complexity index is 3260. The van der Waals surface area contributed by atoms with Gasteiger partial charge in [0.2, 0.25) is 0 Å². The zero-order chi connectivity index (χ0) is 56.1. The molecule has 5 N–H and O–H groups in total. The van der Waals surface area contributed by atoms with E-state index in [9.17, 15) is 44.9 Å². The fraction of sp³-hybridized carbons (Fsp3) is 0.500. The van der Waals surface area contributed by atoms with Crippen molar-refractivity contribution in [1.29, 1.82) is 0 Å². The first-order chi connectivity index (χ1) is 37.0. The van der Waals surface area contributed by atoms with E-state index < -0.39 is 93.6 Å². The molecule has 1 saturated heterocycles. The molecule has 0 unspecified atom stereocenters. The highest BCUT2D eigenvalue weighted by molar-refractivity contribution is 6.19. The Balaban J connectivity index is 1.02. The average molecular weight is 1080 g/mol. The van der Waals surface area contributed by atoms with Crippen LogP contribution in [0.3, 0.4) is 0 Å². The topological polar surface area (TPSA) is 288 Å². The Morgan fingerprint density at radius 3 is 2.32 bits per heavy atom. The maximum atomic E-state index is 14.9. The molecule has 78 heavy (non-hydrogen) atoms. The number of anilines is 1. The van der Waals surface area contributed by atoms with Gasteiger partial charge in [-0.3, -0.25) is 33.8 Å². The van der Waals surface area contributed by atoms with Gasteiger partial charge in [-0.2, -0.15) is 0 Å². The summed E-state index contributed by atoms with van der Waals surface area (Å²) in [5, 5.41) is 61.7. The van der Waals surface area contributed by atoms with Crippen molar-refractivity contribution >= 4 is 39.9 Å². The van der Waals surface area contributed by atoms with Crippen LogP contribution in [0.5, 0.6) is 23.3 Å². The summed E-state index contributed by atoms with van der Waals surface area (Å²) in [6, 6.07) is 8.23. The van der Waals surface area contributed by atoms with Gasteiger partial charge in [0.05, 0.1) is 54.0 Å². The zero-order valence-corrected chi connectivity index (χ0v) is 45.1. The number of allylic oxidation sites excluding steroid dienone is 2. The van der Waals surface area contributed by atoms with Crippen molar-refractivity contribution in [2.75, 3.05) is 32.1 Å². The Labute approximate surface area is 449 Å². The number of hydrogen-bond acceptors (Lipinski definition) is 19. The van der Waals surface area contributed by atoms with Crippen molar-refractivity contribution in [1.82, 2.24) is 14.5 Å². The van der Waals surface area contributed by atoms with Gasteiger partial charge in [0.15, 0.2) is 11.4 Å². The van der Waals surface area contributed by atoms with Crippen LogP contribution in [0.15, 0.2) is 76.6 Å². The first-order valence-electron chi connectivity index (χ1n) is 26.1. The number of hydrogen-bond donors (Lipinski definition) is 5. The van der Waals surface area contributed by atoms with Crippen molar-refractivity contribution in [3.05, 3.63) is 110 Å². The summed E-state index contributed by atoms with van der Waals surface area (Å²) in [5.74, 6) is -7.61. The molecule has 1 spiro atoms. The second-order valence-corrected chi connectivity index (χ2v) is 21.4. The minimum Gasteiger partial charge on any atom is -0.507 e. The van der Waals surface area contributed by atoms with Crippen LogP contribution in [0.2, 0.25) is 0 Å². The van der Waals surface area contributed by atoms with Gasteiger partial charge in [-0.15, -0.1) is 0 Å². The van der Waals surface area contributed by atoms with E-state index in [1.54, 1.807) is 57.4 Å². The van der Waals surface area contributed by atoms with Gasteiger partial charge in [-0.25, -0.2) is 0 Å². The number of nitro groups is 1. The first kappa shape index (κ1) is 55.5. The number of nitrogens with one attached hydrogen (secondary N) is 1. The predicted molar refractivity (Wildman–Crippen MR) is 281 cm³/mol. The molecule has 10 atom stereocenters. The van der Waals surface area contributed by atoms with E-state index in [2.05, 4.69) is 15.2 Å². The molecule has 0 radical (unpaired) electrons. The standard InChI is InChI=1S/C56H67N7O15/c1-28-11-10-12-29(2)53(70)58-45-44-43(59-56(60-44)18-20-61(21-19-56)23-35-13-15-36(16-14-35)26-74-37-24-62-25-39(63(71)72)57-54(62)75-27-37)40-41(49(45)68)48(67)33(6)51-42(40)52(69)55(8,78-51)76-22-17-38(73-9)30(3)50(77-34(7)64)32(5)47(66)31(4)46(28)65/h10-17,22,25,28,30-32,37-38,46-47,50,65-68H,18-21,23-24,26-27H2,1-9H3,(H,58,70)/b11-10+,22-17+,29-12-/t28-,30+,31+,32+,37-,38-,46-,47+,50+,55-/m0/s1. The number of Topliss-reactive ketones (excluding diaryl/α,β-unsaturated/α-hetero) is 1. The number of benzene rings is 3. The van der Waals surface area contributed by atoms with Gasteiger partial charge < -0.3 is 64.3 Å². The van der Waals surface area contributed by atoms with Crippen LogP contribution < -0.4 is 25.5 Å². The lowest BCUT2D eigenvalue weighted by molar-refractivity contribution is -0.389. The first-order valence-corrected chi connectivity index (χ1v) is 26.1. The molecule has 22 nitrogen and oxygen atoms in total. The Kier molecular flexibility index (Phi) is 15.6. The number of aliphatic hydroxyl groups is 2. The maximum Gasteiger partial charge on any atom is 0.414 e. The summed E-state index contributed by atoms with van der Waals surface area (Å²) in [7, 11) is 1.45. The number of carbonyl (C=O) groups is 3. The second kappa shape index (κ2) is 21.9. The zero-order valence-electron chi connectivity index (χ0n) is 45.1. The van der Waals surface area contributed by atoms with Crippen LogP contribution in [-0.4, -0.2) is 126 Å². The molecule has 5 aliphatic heterocycles. The van der Waals surface area contributed by atoms with Crippen LogP contribution >= 0.6 is 0 Å². The van der Waals surface area contributed by atoms with Gasteiger partial charge in [0, 0.05) is 98.6 Å². The molecular weight excluding hydrogens is 1010 g/mol. The maximum absolute atomic E-state index is 14.9. The molecule has 0 aliphatic carbocycles. The third kappa shape index (κ3) is 10.6. The Morgan fingerprint density at radius 1 is 0.949 bits per heavy atom. The molecule has 416 valence electrons. The number of aromatic hydroxyl groups is 2. The quantitative estimate of drug-likeness (QED) is 0.0641. The number of phenolic OH excluding ortho intramolecular Hbond substituents is 2. The lowest BCUT2D eigenvalue weighted by atomic mass is 9.78. The molecule has 6 heterocycles. The molecule has 1 aromatic heterocycles. The highest BCUT2D eigenvalue weighted by atomic mass is 16.7. The molecular formula is C56H67N7O15. The number of rotatable bonds is 8. The molecule has 1 amide bonds. The number of ketones is 1. The summed E-state index contributed by atoms with van der Waals surface area (Å²) in [4.78, 5) is 68.8. The number of methoxy groups -OCH3 is 1. The molecule has 4 bridgehead atoms.